The van der Waals surface area contributed by atoms with Crippen LogP contribution in [-0.2, 0) is 31.0 Å². The summed E-state index contributed by atoms with van der Waals surface area (Å²) in [6.07, 6.45) is 1.52. The Kier molecular flexibility index (Phi) is 5.03. The minimum atomic E-state index is -0.461. The molecule has 0 unspecified atom stereocenters. The van der Waals surface area contributed by atoms with Gasteiger partial charge in [0.15, 0.2) is 0 Å². The zero-order chi connectivity index (χ0) is 20.4. The third-order valence-corrected chi connectivity index (χ3v) is 4.95. The van der Waals surface area contributed by atoms with Gasteiger partial charge in [-0.3, -0.25) is 14.2 Å². The van der Waals surface area contributed by atoms with Gasteiger partial charge in [0.05, 0.1) is 12.8 Å². The number of aryl methyl sites for hydroxylation is 1. The van der Waals surface area contributed by atoms with Crippen LogP contribution in [0.4, 0.5) is 0 Å². The van der Waals surface area contributed by atoms with Gasteiger partial charge in [-0.25, -0.2) is 9.48 Å². The third kappa shape index (κ3) is 3.84. The predicted molar refractivity (Wildman–Crippen MR) is 103 cm³/mol. The van der Waals surface area contributed by atoms with E-state index < -0.39 is 5.69 Å². The summed E-state index contributed by atoms with van der Waals surface area (Å²) in [6.45, 7) is 3.17. The molecule has 2 amide bonds. The normalized spacial score (nSPS) is 13.4. The summed E-state index contributed by atoms with van der Waals surface area (Å²) in [5.74, 6) is -0.0277. The topological polar surface area (TPSA) is 102 Å². The quantitative estimate of drug-likeness (QED) is 0.669. The van der Waals surface area contributed by atoms with Gasteiger partial charge in [0.25, 0.3) is 5.91 Å². The lowest BCUT2D eigenvalue weighted by Gasteiger charge is -2.27. The maximum atomic E-state index is 12.8. The summed E-state index contributed by atoms with van der Waals surface area (Å²) in [4.78, 5) is 39.2. The van der Waals surface area contributed by atoms with Gasteiger partial charge in [0.1, 0.15) is 12.3 Å². The van der Waals surface area contributed by atoms with Crippen LogP contribution in [0.1, 0.15) is 27.5 Å². The Labute approximate surface area is 166 Å². The van der Waals surface area contributed by atoms with Crippen LogP contribution in [0, 0.1) is 6.92 Å². The van der Waals surface area contributed by atoms with E-state index >= 15 is 0 Å². The van der Waals surface area contributed by atoms with Gasteiger partial charge in [-0.2, -0.15) is 0 Å². The zero-order valence-corrected chi connectivity index (χ0v) is 16.0. The highest BCUT2D eigenvalue weighted by Crippen LogP contribution is 2.15. The zero-order valence-electron chi connectivity index (χ0n) is 16.0. The molecule has 1 aliphatic rings. The number of hydrogen-bond donors (Lipinski definition) is 1. The second-order valence-corrected chi connectivity index (χ2v) is 6.92. The van der Waals surface area contributed by atoms with E-state index in [1.54, 1.807) is 17.0 Å². The molecule has 0 spiro atoms. The second-order valence-electron chi connectivity index (χ2n) is 6.92. The Hall–Kier alpha value is -3.62. The van der Waals surface area contributed by atoms with Gasteiger partial charge in [-0.15, -0.1) is 5.10 Å². The number of carbonyl (C=O) groups excluding carboxylic acids is 2. The Morgan fingerprint density at radius 1 is 1.17 bits per heavy atom. The molecular formula is C20H21N5O4. The number of amides is 2. The molecule has 1 N–H and O–H groups in total. The van der Waals surface area contributed by atoms with Gasteiger partial charge in [0, 0.05) is 19.6 Å². The summed E-state index contributed by atoms with van der Waals surface area (Å²) >= 11 is 0. The third-order valence-electron chi connectivity index (χ3n) is 4.95. The van der Waals surface area contributed by atoms with Crippen molar-refractivity contribution < 1.29 is 14.0 Å². The molecule has 1 aromatic carbocycles. The number of carbonyl (C=O) groups is 2. The molecule has 0 atom stereocenters. The summed E-state index contributed by atoms with van der Waals surface area (Å²) in [5, 5.41) is 6.79. The van der Waals surface area contributed by atoms with Crippen molar-refractivity contribution in [2.75, 3.05) is 6.54 Å². The smallest absolute Gasteiger partial charge is 0.346 e. The molecule has 4 rings (SSSR count). The van der Waals surface area contributed by atoms with Crippen LogP contribution in [0.15, 0.2) is 51.9 Å². The van der Waals surface area contributed by atoms with Gasteiger partial charge in [0.2, 0.25) is 11.7 Å². The lowest BCUT2D eigenvalue weighted by molar-refractivity contribution is -0.122. The molecule has 0 aliphatic carbocycles. The minimum absolute atomic E-state index is 0.0636. The molecule has 150 valence electrons. The van der Waals surface area contributed by atoms with Crippen LogP contribution in [0.25, 0.3) is 0 Å². The van der Waals surface area contributed by atoms with E-state index in [1.165, 1.54) is 10.8 Å². The number of benzene rings is 1. The van der Waals surface area contributed by atoms with Gasteiger partial charge < -0.3 is 14.6 Å². The molecular weight excluding hydrogens is 374 g/mol. The summed E-state index contributed by atoms with van der Waals surface area (Å²) in [5.41, 5.74) is 1.69. The number of fused-ring (bicyclic) bond motifs is 1. The Bertz CT molecular complexity index is 1100. The van der Waals surface area contributed by atoms with E-state index in [0.717, 1.165) is 15.8 Å². The van der Waals surface area contributed by atoms with Crippen molar-refractivity contribution in [1.82, 2.24) is 24.6 Å². The first-order chi connectivity index (χ1) is 14.0. The molecule has 0 saturated carbocycles. The lowest BCUT2D eigenvalue weighted by atomic mass is 10.1. The highest BCUT2D eigenvalue weighted by atomic mass is 16.3. The SMILES string of the molecule is Cc1ccccc1CN1CCn2c(nn(CC(=O)NCc3ccco3)c2=O)C1=O. The van der Waals surface area contributed by atoms with Crippen molar-refractivity contribution in [2.24, 2.45) is 0 Å². The summed E-state index contributed by atoms with van der Waals surface area (Å²) in [7, 11) is 0. The highest BCUT2D eigenvalue weighted by Gasteiger charge is 2.30. The fraction of sp³-hybridized carbons (Fsp3) is 0.300. The number of nitrogens with zero attached hydrogens (tertiary/aromatic N) is 4. The average Bonchev–Trinajstić information content (AvgIpc) is 3.33. The molecule has 29 heavy (non-hydrogen) atoms. The monoisotopic (exact) mass is 395 g/mol. The number of hydrogen-bond acceptors (Lipinski definition) is 5. The first-order valence-electron chi connectivity index (χ1n) is 9.33. The molecule has 0 bridgehead atoms. The predicted octanol–water partition coefficient (Wildman–Crippen LogP) is 0.919. The van der Waals surface area contributed by atoms with E-state index in [9.17, 15) is 14.4 Å². The molecule has 9 nitrogen and oxygen atoms in total. The maximum absolute atomic E-state index is 12.8. The van der Waals surface area contributed by atoms with E-state index in [0.29, 0.717) is 25.4 Å². The van der Waals surface area contributed by atoms with Crippen LogP contribution in [0.2, 0.25) is 0 Å². The Balaban J connectivity index is 1.46. The molecule has 3 heterocycles. The molecule has 1 aliphatic heterocycles. The number of aromatic nitrogens is 3. The molecule has 0 saturated heterocycles. The van der Waals surface area contributed by atoms with Crippen LogP contribution in [0.5, 0.6) is 0 Å². The minimum Gasteiger partial charge on any atom is -0.467 e. The molecule has 0 fully saturated rings. The van der Waals surface area contributed by atoms with Crippen LogP contribution < -0.4 is 11.0 Å². The highest BCUT2D eigenvalue weighted by molar-refractivity contribution is 5.91. The molecule has 9 heteroatoms. The van der Waals surface area contributed by atoms with Gasteiger partial charge >= 0.3 is 5.69 Å². The number of rotatable bonds is 6. The van der Waals surface area contributed by atoms with E-state index in [-0.39, 0.29) is 30.7 Å². The van der Waals surface area contributed by atoms with E-state index in [2.05, 4.69) is 10.4 Å². The first kappa shape index (κ1) is 18.7. The molecule has 0 radical (unpaired) electrons. The Morgan fingerprint density at radius 2 is 2.00 bits per heavy atom. The number of furan rings is 1. The summed E-state index contributed by atoms with van der Waals surface area (Å²) in [6, 6.07) is 11.3. The van der Waals surface area contributed by atoms with Crippen molar-refractivity contribution >= 4 is 11.8 Å². The van der Waals surface area contributed by atoms with E-state index in [1.807, 2.05) is 31.2 Å². The lowest BCUT2D eigenvalue weighted by Crippen LogP contribution is -2.42. The standard InChI is InChI=1S/C20H21N5O4/c1-14-5-2-3-6-15(14)12-23-8-9-24-18(19(23)27)22-25(20(24)28)13-17(26)21-11-16-7-4-10-29-16/h2-7,10H,8-9,11-13H2,1H3,(H,21,26). The second kappa shape index (κ2) is 7.78. The van der Waals surface area contributed by atoms with Crippen LogP contribution >= 0.6 is 0 Å². The van der Waals surface area contributed by atoms with Crippen LogP contribution in [0.3, 0.4) is 0 Å². The molecule has 2 aromatic heterocycles. The van der Waals surface area contributed by atoms with Gasteiger partial charge in [-0.1, -0.05) is 24.3 Å². The van der Waals surface area contributed by atoms with Crippen molar-refractivity contribution in [3.05, 3.63) is 75.9 Å². The molecule has 3 aromatic rings. The van der Waals surface area contributed by atoms with E-state index in [4.69, 9.17) is 4.42 Å². The fourth-order valence-electron chi connectivity index (χ4n) is 3.30. The summed E-state index contributed by atoms with van der Waals surface area (Å²) < 4.78 is 7.51. The first-order valence-corrected chi connectivity index (χ1v) is 9.33. The number of nitrogens with one attached hydrogen (secondary N) is 1. The van der Waals surface area contributed by atoms with Crippen molar-refractivity contribution in [3.8, 4) is 0 Å². The Morgan fingerprint density at radius 3 is 2.76 bits per heavy atom. The maximum Gasteiger partial charge on any atom is 0.346 e. The van der Waals surface area contributed by atoms with Crippen molar-refractivity contribution in [1.29, 1.82) is 0 Å². The van der Waals surface area contributed by atoms with Gasteiger partial charge in [-0.05, 0) is 30.2 Å². The van der Waals surface area contributed by atoms with Crippen molar-refractivity contribution in [2.45, 2.75) is 33.1 Å². The van der Waals surface area contributed by atoms with Crippen molar-refractivity contribution in [3.63, 3.8) is 0 Å². The van der Waals surface area contributed by atoms with Crippen LogP contribution in [-0.4, -0.2) is 37.6 Å². The fourth-order valence-corrected chi connectivity index (χ4v) is 3.30. The average molecular weight is 395 g/mol. The largest absolute Gasteiger partial charge is 0.467 e.